The average molecular weight is 301 g/mol. The number of rotatable bonds is 5. The zero-order chi connectivity index (χ0) is 16.1. The molecule has 0 aliphatic rings. The maximum Gasteiger partial charge on any atom is 0.265 e. The Kier molecular flexibility index (Phi) is 4.88. The number of halogens is 1. The highest BCUT2D eigenvalue weighted by Gasteiger charge is 2.15. The van der Waals surface area contributed by atoms with Gasteiger partial charge in [0.2, 0.25) is 0 Å². The summed E-state index contributed by atoms with van der Waals surface area (Å²) in [6.07, 6.45) is -0.783. The van der Waals surface area contributed by atoms with Crippen LogP contribution in [0.5, 0.6) is 5.75 Å². The molecule has 2 aromatic rings. The van der Waals surface area contributed by atoms with Crippen LogP contribution in [0.1, 0.15) is 24.2 Å². The number of nitrogens with one attached hydrogen (secondary N) is 1. The van der Waals surface area contributed by atoms with E-state index in [0.717, 1.165) is 0 Å². The molecule has 4 nitrogen and oxygen atoms in total. The van der Waals surface area contributed by atoms with E-state index in [1.54, 1.807) is 37.3 Å². The van der Waals surface area contributed by atoms with Crippen LogP contribution in [0, 0.1) is 5.82 Å². The van der Waals surface area contributed by atoms with Crippen molar-refractivity contribution in [2.75, 3.05) is 5.32 Å². The Hall–Kier alpha value is -2.69. The average Bonchev–Trinajstić information content (AvgIpc) is 2.47. The van der Waals surface area contributed by atoms with Crippen LogP contribution in [0.3, 0.4) is 0 Å². The topological polar surface area (TPSA) is 55.4 Å². The standard InChI is InChI=1S/C17H16FNO3/c1-11(20)13-6-8-15(9-7-13)19-17(21)12(2)22-16-5-3-4-14(18)10-16/h3-10,12H,1-2H3,(H,19,21)/t12-/m0/s1. The number of benzene rings is 2. The molecule has 0 radical (unpaired) electrons. The highest BCUT2D eigenvalue weighted by atomic mass is 19.1. The van der Waals surface area contributed by atoms with Gasteiger partial charge in [0.1, 0.15) is 11.6 Å². The second-order valence-electron chi connectivity index (χ2n) is 4.84. The van der Waals surface area contributed by atoms with Crippen LogP contribution in [0.15, 0.2) is 48.5 Å². The summed E-state index contributed by atoms with van der Waals surface area (Å²) < 4.78 is 18.4. The van der Waals surface area contributed by atoms with E-state index < -0.39 is 11.9 Å². The van der Waals surface area contributed by atoms with Crippen molar-refractivity contribution in [3.8, 4) is 5.75 Å². The van der Waals surface area contributed by atoms with E-state index in [9.17, 15) is 14.0 Å². The molecule has 2 rings (SSSR count). The van der Waals surface area contributed by atoms with Crippen LogP contribution < -0.4 is 10.1 Å². The van der Waals surface area contributed by atoms with Crippen LogP contribution in [-0.4, -0.2) is 17.8 Å². The summed E-state index contributed by atoms with van der Waals surface area (Å²) in [5.41, 5.74) is 1.13. The summed E-state index contributed by atoms with van der Waals surface area (Å²) in [5, 5.41) is 2.67. The number of Topliss-reactive ketones (excluding diaryl/α,β-unsaturated/α-hetero) is 1. The fraction of sp³-hybridized carbons (Fsp3) is 0.176. The molecular formula is C17H16FNO3. The van der Waals surface area contributed by atoms with Gasteiger partial charge in [-0.1, -0.05) is 6.07 Å². The number of carbonyl (C=O) groups excluding carboxylic acids is 2. The first-order valence-electron chi connectivity index (χ1n) is 6.80. The van der Waals surface area contributed by atoms with Crippen molar-refractivity contribution in [1.29, 1.82) is 0 Å². The Morgan fingerprint density at radius 2 is 1.82 bits per heavy atom. The van der Waals surface area contributed by atoms with Gasteiger partial charge in [0, 0.05) is 17.3 Å². The molecule has 0 fully saturated rings. The predicted molar refractivity (Wildman–Crippen MR) is 81.6 cm³/mol. The summed E-state index contributed by atoms with van der Waals surface area (Å²) in [6, 6.07) is 12.2. The Labute approximate surface area is 127 Å². The Bertz CT molecular complexity index is 683. The number of anilines is 1. The van der Waals surface area contributed by atoms with E-state index in [1.165, 1.54) is 25.1 Å². The van der Waals surface area contributed by atoms with Gasteiger partial charge in [0.15, 0.2) is 11.9 Å². The molecule has 1 N–H and O–H groups in total. The third-order valence-electron chi connectivity index (χ3n) is 3.04. The zero-order valence-corrected chi connectivity index (χ0v) is 12.3. The smallest absolute Gasteiger partial charge is 0.265 e. The second kappa shape index (κ2) is 6.85. The molecule has 0 saturated heterocycles. The molecule has 0 heterocycles. The van der Waals surface area contributed by atoms with Crippen molar-refractivity contribution in [2.24, 2.45) is 0 Å². The van der Waals surface area contributed by atoms with E-state index in [2.05, 4.69) is 5.32 Å². The monoisotopic (exact) mass is 301 g/mol. The van der Waals surface area contributed by atoms with Crippen LogP contribution in [0.2, 0.25) is 0 Å². The number of hydrogen-bond acceptors (Lipinski definition) is 3. The maximum atomic E-state index is 13.1. The molecule has 114 valence electrons. The Morgan fingerprint density at radius 1 is 1.14 bits per heavy atom. The molecule has 5 heteroatoms. The van der Waals surface area contributed by atoms with Gasteiger partial charge in [-0.15, -0.1) is 0 Å². The molecule has 0 aliphatic heterocycles. The highest BCUT2D eigenvalue weighted by Crippen LogP contribution is 2.15. The minimum atomic E-state index is -0.783. The number of carbonyl (C=O) groups is 2. The fourth-order valence-corrected chi connectivity index (χ4v) is 1.83. The molecule has 0 aliphatic carbocycles. The SMILES string of the molecule is CC(=O)c1ccc(NC(=O)[C@H](C)Oc2cccc(F)c2)cc1. The minimum absolute atomic E-state index is 0.0410. The third-order valence-corrected chi connectivity index (χ3v) is 3.04. The molecular weight excluding hydrogens is 285 g/mol. The van der Waals surface area contributed by atoms with Gasteiger partial charge in [0.05, 0.1) is 0 Å². The molecule has 1 atom stereocenters. The normalized spacial score (nSPS) is 11.6. The molecule has 0 aromatic heterocycles. The lowest BCUT2D eigenvalue weighted by molar-refractivity contribution is -0.122. The van der Waals surface area contributed by atoms with E-state index >= 15 is 0 Å². The van der Waals surface area contributed by atoms with Gasteiger partial charge >= 0.3 is 0 Å². The lowest BCUT2D eigenvalue weighted by Crippen LogP contribution is -2.30. The summed E-state index contributed by atoms with van der Waals surface area (Å²) >= 11 is 0. The lowest BCUT2D eigenvalue weighted by Gasteiger charge is -2.14. The first kappa shape index (κ1) is 15.7. The predicted octanol–water partition coefficient (Wildman–Crippen LogP) is 3.43. The van der Waals surface area contributed by atoms with Gasteiger partial charge in [0.25, 0.3) is 5.91 Å². The fourth-order valence-electron chi connectivity index (χ4n) is 1.83. The summed E-state index contributed by atoms with van der Waals surface area (Å²) in [6.45, 7) is 3.05. The quantitative estimate of drug-likeness (QED) is 0.861. The van der Waals surface area contributed by atoms with Crippen LogP contribution in [0.4, 0.5) is 10.1 Å². The van der Waals surface area contributed by atoms with Gasteiger partial charge in [-0.25, -0.2) is 4.39 Å². The van der Waals surface area contributed by atoms with Gasteiger partial charge < -0.3 is 10.1 Å². The van der Waals surface area contributed by atoms with Gasteiger partial charge in [-0.2, -0.15) is 0 Å². The molecule has 1 amide bonds. The van der Waals surface area contributed by atoms with Crippen LogP contribution in [-0.2, 0) is 4.79 Å². The van der Waals surface area contributed by atoms with Crippen molar-refractivity contribution < 1.29 is 18.7 Å². The van der Waals surface area contributed by atoms with Crippen LogP contribution >= 0.6 is 0 Å². The number of hydrogen-bond donors (Lipinski definition) is 1. The first-order chi connectivity index (χ1) is 10.5. The van der Waals surface area contributed by atoms with Gasteiger partial charge in [-0.05, 0) is 50.2 Å². The summed E-state index contributed by atoms with van der Waals surface area (Å²) in [4.78, 5) is 23.2. The maximum absolute atomic E-state index is 13.1. The van der Waals surface area contributed by atoms with E-state index in [4.69, 9.17) is 4.74 Å². The highest BCUT2D eigenvalue weighted by molar-refractivity contribution is 5.96. The first-order valence-corrected chi connectivity index (χ1v) is 6.80. The number of ether oxygens (including phenoxy) is 1. The second-order valence-corrected chi connectivity index (χ2v) is 4.84. The summed E-state index contributed by atoms with van der Waals surface area (Å²) in [7, 11) is 0. The van der Waals surface area contributed by atoms with E-state index in [-0.39, 0.29) is 17.4 Å². The largest absolute Gasteiger partial charge is 0.481 e. The van der Waals surface area contributed by atoms with Crippen molar-refractivity contribution in [3.63, 3.8) is 0 Å². The molecule has 0 unspecified atom stereocenters. The molecule has 0 bridgehead atoms. The lowest BCUT2D eigenvalue weighted by atomic mass is 10.1. The van der Waals surface area contributed by atoms with Crippen molar-refractivity contribution in [1.82, 2.24) is 0 Å². The molecule has 0 saturated carbocycles. The van der Waals surface area contributed by atoms with E-state index in [0.29, 0.717) is 11.3 Å². The number of amides is 1. The zero-order valence-electron chi connectivity index (χ0n) is 12.3. The van der Waals surface area contributed by atoms with Crippen molar-refractivity contribution in [2.45, 2.75) is 20.0 Å². The molecule has 22 heavy (non-hydrogen) atoms. The molecule has 2 aromatic carbocycles. The molecule has 0 spiro atoms. The minimum Gasteiger partial charge on any atom is -0.481 e. The third kappa shape index (κ3) is 4.15. The van der Waals surface area contributed by atoms with Gasteiger partial charge in [-0.3, -0.25) is 9.59 Å². The Morgan fingerprint density at radius 3 is 2.41 bits per heavy atom. The summed E-state index contributed by atoms with van der Waals surface area (Å²) in [5.74, 6) is -0.542. The van der Waals surface area contributed by atoms with Crippen molar-refractivity contribution >= 4 is 17.4 Å². The van der Waals surface area contributed by atoms with E-state index in [1.807, 2.05) is 0 Å². The van der Waals surface area contributed by atoms with Crippen molar-refractivity contribution in [3.05, 3.63) is 59.9 Å². The number of ketones is 1. The Balaban J connectivity index is 1.97. The van der Waals surface area contributed by atoms with Crippen LogP contribution in [0.25, 0.3) is 0 Å².